The van der Waals surface area contributed by atoms with E-state index >= 15 is 0 Å². The third kappa shape index (κ3) is 5.29. The lowest BCUT2D eigenvalue weighted by atomic mass is 10.0. The normalized spacial score (nSPS) is 19.4. The van der Waals surface area contributed by atoms with E-state index in [0.29, 0.717) is 18.8 Å². The number of rotatable bonds is 7. The van der Waals surface area contributed by atoms with E-state index in [4.69, 9.17) is 5.11 Å². The molecule has 5 nitrogen and oxygen atoms in total. The first-order valence-electron chi connectivity index (χ1n) is 7.37. The lowest BCUT2D eigenvalue weighted by molar-refractivity contribution is -0.137. The van der Waals surface area contributed by atoms with Crippen molar-refractivity contribution >= 4 is 35.5 Å². The molecule has 2 N–H and O–H groups in total. The summed E-state index contributed by atoms with van der Waals surface area (Å²) in [6, 6.07) is -0.324. The number of carbonyl (C=O) groups excluding carboxylic acids is 1. The minimum Gasteiger partial charge on any atom is -0.481 e. The summed E-state index contributed by atoms with van der Waals surface area (Å²) in [6.07, 6.45) is 4.10. The molecule has 1 saturated heterocycles. The SMILES string of the molecule is CCC(CC)(CNC(=O)N1CCSCC1CC(=O)O)SC. The molecule has 0 aliphatic carbocycles. The zero-order valence-electron chi connectivity index (χ0n) is 13.1. The molecule has 1 fully saturated rings. The molecule has 1 heterocycles. The van der Waals surface area contributed by atoms with Crippen molar-refractivity contribution in [1.29, 1.82) is 0 Å². The molecular weight excluding hydrogens is 308 g/mol. The quantitative estimate of drug-likeness (QED) is 0.749. The first kappa shape index (κ1) is 18.5. The van der Waals surface area contributed by atoms with Gasteiger partial charge in [-0.25, -0.2) is 4.79 Å². The van der Waals surface area contributed by atoms with Crippen LogP contribution in [0.4, 0.5) is 4.79 Å². The predicted octanol–water partition coefficient (Wildman–Crippen LogP) is 2.51. The molecule has 21 heavy (non-hydrogen) atoms. The van der Waals surface area contributed by atoms with Crippen molar-refractivity contribution in [2.75, 3.05) is 30.9 Å². The van der Waals surface area contributed by atoms with E-state index in [1.54, 1.807) is 28.4 Å². The van der Waals surface area contributed by atoms with Gasteiger partial charge in [-0.2, -0.15) is 23.5 Å². The summed E-state index contributed by atoms with van der Waals surface area (Å²) in [5.41, 5.74) is 0. The number of aliphatic carboxylic acids is 1. The van der Waals surface area contributed by atoms with Crippen LogP contribution in [0.5, 0.6) is 0 Å². The van der Waals surface area contributed by atoms with E-state index in [1.165, 1.54) is 0 Å². The van der Waals surface area contributed by atoms with Gasteiger partial charge in [-0.15, -0.1) is 0 Å². The zero-order valence-corrected chi connectivity index (χ0v) is 14.7. The number of carboxylic acids is 1. The Morgan fingerprint density at radius 1 is 1.43 bits per heavy atom. The van der Waals surface area contributed by atoms with Gasteiger partial charge < -0.3 is 15.3 Å². The lowest BCUT2D eigenvalue weighted by Gasteiger charge is -2.36. The summed E-state index contributed by atoms with van der Waals surface area (Å²) in [5, 5.41) is 12.0. The lowest BCUT2D eigenvalue weighted by Crippen LogP contribution is -2.53. The molecule has 0 spiro atoms. The monoisotopic (exact) mass is 334 g/mol. The fraction of sp³-hybridized carbons (Fsp3) is 0.857. The second-order valence-electron chi connectivity index (χ2n) is 5.27. The van der Waals surface area contributed by atoms with Gasteiger partial charge in [-0.05, 0) is 19.1 Å². The predicted molar refractivity (Wildman–Crippen MR) is 90.3 cm³/mol. The van der Waals surface area contributed by atoms with Gasteiger partial charge in [0.2, 0.25) is 0 Å². The maximum absolute atomic E-state index is 12.4. The average Bonchev–Trinajstić information content (AvgIpc) is 2.49. The first-order chi connectivity index (χ1) is 9.98. The molecule has 0 saturated carbocycles. The van der Waals surface area contributed by atoms with Crippen molar-refractivity contribution in [3.63, 3.8) is 0 Å². The maximum Gasteiger partial charge on any atom is 0.317 e. The molecule has 0 aromatic carbocycles. The number of thioether (sulfide) groups is 2. The number of carboxylic acid groups (broad SMARTS) is 1. The van der Waals surface area contributed by atoms with Crippen LogP contribution in [-0.4, -0.2) is 63.6 Å². The standard InChI is InChI=1S/C14H26N2O3S2/c1-4-14(5-2,20-3)10-15-13(19)16-6-7-21-9-11(16)8-12(17)18/h11H,4-10H2,1-3H3,(H,15,19)(H,17,18). The highest BCUT2D eigenvalue weighted by molar-refractivity contribution is 8.00. The van der Waals surface area contributed by atoms with Crippen molar-refractivity contribution < 1.29 is 14.7 Å². The summed E-state index contributed by atoms with van der Waals surface area (Å²) >= 11 is 3.50. The number of nitrogens with zero attached hydrogens (tertiary/aromatic N) is 1. The topological polar surface area (TPSA) is 69.6 Å². The summed E-state index contributed by atoms with van der Waals surface area (Å²) in [4.78, 5) is 25.0. The van der Waals surface area contributed by atoms with Crippen molar-refractivity contribution in [3.8, 4) is 0 Å². The fourth-order valence-corrected chi connectivity index (χ4v) is 4.35. The van der Waals surface area contributed by atoms with Crippen LogP contribution in [0.2, 0.25) is 0 Å². The molecule has 1 atom stereocenters. The van der Waals surface area contributed by atoms with Crippen LogP contribution < -0.4 is 5.32 Å². The molecule has 1 rings (SSSR count). The van der Waals surface area contributed by atoms with Gasteiger partial charge in [-0.3, -0.25) is 4.79 Å². The Kier molecular flexibility index (Phi) is 7.73. The van der Waals surface area contributed by atoms with E-state index in [1.807, 2.05) is 0 Å². The molecule has 0 aromatic rings. The number of urea groups is 1. The number of amides is 2. The van der Waals surface area contributed by atoms with E-state index in [-0.39, 0.29) is 23.2 Å². The maximum atomic E-state index is 12.4. The van der Waals surface area contributed by atoms with Crippen LogP contribution in [0.1, 0.15) is 33.1 Å². The van der Waals surface area contributed by atoms with Gasteiger partial charge in [0.1, 0.15) is 0 Å². The van der Waals surface area contributed by atoms with Crippen LogP contribution in [0.3, 0.4) is 0 Å². The van der Waals surface area contributed by atoms with Crippen LogP contribution in [0, 0.1) is 0 Å². The molecule has 0 aromatic heterocycles. The Morgan fingerprint density at radius 2 is 2.10 bits per heavy atom. The van der Waals surface area contributed by atoms with Crippen molar-refractivity contribution in [3.05, 3.63) is 0 Å². The van der Waals surface area contributed by atoms with Crippen LogP contribution in [0.25, 0.3) is 0 Å². The zero-order chi connectivity index (χ0) is 15.9. The highest BCUT2D eigenvalue weighted by atomic mass is 32.2. The summed E-state index contributed by atoms with van der Waals surface area (Å²) < 4.78 is 0.0719. The number of hydrogen-bond acceptors (Lipinski definition) is 4. The third-order valence-electron chi connectivity index (χ3n) is 4.18. The number of nitrogens with one attached hydrogen (secondary N) is 1. The molecule has 1 aliphatic heterocycles. The Balaban J connectivity index is 2.61. The van der Waals surface area contributed by atoms with E-state index in [9.17, 15) is 9.59 Å². The van der Waals surface area contributed by atoms with Gasteiger partial charge in [0, 0.05) is 29.3 Å². The van der Waals surface area contributed by atoms with Crippen molar-refractivity contribution in [1.82, 2.24) is 10.2 Å². The first-order valence-corrected chi connectivity index (χ1v) is 9.75. The van der Waals surface area contributed by atoms with Gasteiger partial charge >= 0.3 is 12.0 Å². The molecule has 7 heteroatoms. The number of carbonyl (C=O) groups is 2. The van der Waals surface area contributed by atoms with Gasteiger partial charge in [-0.1, -0.05) is 13.8 Å². The molecule has 1 aliphatic rings. The second kappa shape index (κ2) is 8.78. The summed E-state index contributed by atoms with van der Waals surface area (Å²) in [6.45, 7) is 5.52. The third-order valence-corrected chi connectivity index (χ3v) is 6.86. The second-order valence-corrected chi connectivity index (χ2v) is 7.70. The highest BCUT2D eigenvalue weighted by Crippen LogP contribution is 2.29. The molecular formula is C14H26N2O3S2. The molecule has 0 radical (unpaired) electrons. The van der Waals surface area contributed by atoms with Crippen molar-refractivity contribution in [2.45, 2.75) is 43.9 Å². The fourth-order valence-electron chi connectivity index (χ4n) is 2.49. The average molecular weight is 335 g/mol. The van der Waals surface area contributed by atoms with Crippen LogP contribution in [0.15, 0.2) is 0 Å². The summed E-state index contributed by atoms with van der Waals surface area (Å²) in [5.74, 6) is 0.731. The van der Waals surface area contributed by atoms with Crippen LogP contribution >= 0.6 is 23.5 Å². The molecule has 1 unspecified atom stereocenters. The van der Waals surface area contributed by atoms with E-state index in [2.05, 4.69) is 25.4 Å². The van der Waals surface area contributed by atoms with Crippen LogP contribution in [-0.2, 0) is 4.79 Å². The number of hydrogen-bond donors (Lipinski definition) is 2. The van der Waals surface area contributed by atoms with Gasteiger partial charge in [0.05, 0.1) is 12.5 Å². The Morgan fingerprint density at radius 3 is 2.62 bits per heavy atom. The van der Waals surface area contributed by atoms with E-state index in [0.717, 1.165) is 18.6 Å². The van der Waals surface area contributed by atoms with E-state index < -0.39 is 5.97 Å². The summed E-state index contributed by atoms with van der Waals surface area (Å²) in [7, 11) is 0. The smallest absolute Gasteiger partial charge is 0.317 e. The minimum absolute atomic E-state index is 0.0235. The molecule has 122 valence electrons. The largest absolute Gasteiger partial charge is 0.481 e. The van der Waals surface area contributed by atoms with Gasteiger partial charge in [0.15, 0.2) is 0 Å². The van der Waals surface area contributed by atoms with Crippen molar-refractivity contribution in [2.24, 2.45) is 0 Å². The Hall–Kier alpha value is -0.560. The molecule has 2 amide bonds. The highest BCUT2D eigenvalue weighted by Gasteiger charge is 2.31. The Bertz CT molecular complexity index is 354. The molecule has 0 bridgehead atoms. The Labute approximate surface area is 135 Å². The van der Waals surface area contributed by atoms with Gasteiger partial charge in [0.25, 0.3) is 0 Å². The minimum atomic E-state index is -0.846.